The first-order chi connectivity index (χ1) is 12.1. The normalized spacial score (nSPS) is 17.0. The Labute approximate surface area is 155 Å². The molecule has 0 saturated carbocycles. The van der Waals surface area contributed by atoms with Gasteiger partial charge >= 0.3 is 0 Å². The predicted molar refractivity (Wildman–Crippen MR) is 103 cm³/mol. The fourth-order valence-electron chi connectivity index (χ4n) is 3.41. The fourth-order valence-corrected chi connectivity index (χ4v) is 3.81. The molecule has 3 rings (SSSR count). The lowest BCUT2D eigenvalue weighted by Crippen LogP contribution is -2.33. The Balaban J connectivity index is 2.06. The lowest BCUT2D eigenvalue weighted by Gasteiger charge is -2.26. The third kappa shape index (κ3) is 3.87. The summed E-state index contributed by atoms with van der Waals surface area (Å²) >= 11 is 0. The number of benzene rings is 1. The van der Waals surface area contributed by atoms with Gasteiger partial charge in [-0.25, -0.2) is 10.1 Å². The van der Waals surface area contributed by atoms with Gasteiger partial charge in [0.15, 0.2) is 0 Å². The summed E-state index contributed by atoms with van der Waals surface area (Å²) in [5.74, 6) is 1.57. The zero-order chi connectivity index (χ0) is 19.1. The maximum absolute atomic E-state index is 11.6. The molecule has 1 fully saturated rings. The quantitative estimate of drug-likeness (QED) is 0.882. The molecule has 0 bridgehead atoms. The van der Waals surface area contributed by atoms with Gasteiger partial charge in [0.05, 0.1) is 16.7 Å². The highest BCUT2D eigenvalue weighted by Crippen LogP contribution is 2.31. The number of nitrogens with zero attached hydrogens (tertiary/aromatic N) is 3. The molecular weight excluding hydrogens is 352 g/mol. The van der Waals surface area contributed by atoms with Crippen LogP contribution in [-0.4, -0.2) is 38.2 Å². The van der Waals surface area contributed by atoms with Crippen molar-refractivity contribution in [3.05, 3.63) is 24.0 Å². The van der Waals surface area contributed by atoms with Crippen molar-refractivity contribution >= 4 is 26.9 Å². The van der Waals surface area contributed by atoms with Gasteiger partial charge in [-0.15, -0.1) is 0 Å². The van der Waals surface area contributed by atoms with Crippen LogP contribution in [0.3, 0.4) is 0 Å². The van der Waals surface area contributed by atoms with Crippen LogP contribution in [-0.2, 0) is 26.9 Å². The largest absolute Gasteiger partial charge is 0.381 e. The Morgan fingerprint density at radius 2 is 1.96 bits per heavy atom. The van der Waals surface area contributed by atoms with Crippen molar-refractivity contribution in [3.8, 4) is 0 Å². The van der Waals surface area contributed by atoms with Crippen LogP contribution < -0.4 is 9.44 Å². The van der Waals surface area contributed by atoms with Gasteiger partial charge < -0.3 is 9.30 Å². The van der Waals surface area contributed by atoms with Gasteiger partial charge in [0.1, 0.15) is 5.82 Å². The number of imidazole rings is 1. The summed E-state index contributed by atoms with van der Waals surface area (Å²) in [5.41, 5.74) is 2.20. The molecule has 2 heterocycles. The Kier molecular flexibility index (Phi) is 5.02. The summed E-state index contributed by atoms with van der Waals surface area (Å²) in [7, 11) is -2.35. The Hall–Kier alpha value is -1.64. The standard InChI is InChI=1S/C18H28N4O3S/c1-18(2,3)17-20-15-11-14(21(4)26(19,23)24)5-6-16(15)22(17)12-13-7-9-25-10-8-13/h5-6,11,13H,7-10,12H2,1-4H3,(H2,19,23,24). The molecule has 0 atom stereocenters. The second-order valence-corrected chi connectivity index (χ2v) is 9.61. The van der Waals surface area contributed by atoms with Gasteiger partial charge in [0.2, 0.25) is 0 Å². The van der Waals surface area contributed by atoms with E-state index in [4.69, 9.17) is 14.9 Å². The highest BCUT2D eigenvalue weighted by atomic mass is 32.2. The molecular formula is C18H28N4O3S. The fraction of sp³-hybridized carbons (Fsp3) is 0.611. The van der Waals surface area contributed by atoms with Crippen molar-refractivity contribution in [1.29, 1.82) is 0 Å². The molecule has 0 amide bonds. The van der Waals surface area contributed by atoms with Gasteiger partial charge in [-0.3, -0.25) is 4.31 Å². The molecule has 2 aromatic rings. The summed E-state index contributed by atoms with van der Waals surface area (Å²) in [4.78, 5) is 4.84. The van der Waals surface area contributed by atoms with Crippen LogP contribution in [0.5, 0.6) is 0 Å². The first kappa shape index (κ1) is 19.1. The molecule has 0 unspecified atom stereocenters. The predicted octanol–water partition coefficient (Wildman–Crippen LogP) is 2.40. The van der Waals surface area contributed by atoms with E-state index in [2.05, 4.69) is 25.3 Å². The van der Waals surface area contributed by atoms with Crippen molar-refractivity contribution < 1.29 is 13.2 Å². The highest BCUT2D eigenvalue weighted by molar-refractivity contribution is 7.90. The highest BCUT2D eigenvalue weighted by Gasteiger charge is 2.26. The maximum atomic E-state index is 11.6. The van der Waals surface area contributed by atoms with Crippen molar-refractivity contribution in [1.82, 2.24) is 9.55 Å². The first-order valence-corrected chi connectivity index (χ1v) is 10.4. The molecule has 2 N–H and O–H groups in total. The Morgan fingerprint density at radius 3 is 2.54 bits per heavy atom. The molecule has 1 aromatic heterocycles. The van der Waals surface area contributed by atoms with Gasteiger partial charge in [0, 0.05) is 32.2 Å². The summed E-state index contributed by atoms with van der Waals surface area (Å²) in [6.45, 7) is 8.96. The number of aromatic nitrogens is 2. The van der Waals surface area contributed by atoms with Crippen LogP contribution in [0.1, 0.15) is 39.4 Å². The molecule has 0 radical (unpaired) electrons. The average Bonchev–Trinajstić information content (AvgIpc) is 2.92. The van der Waals surface area contributed by atoms with Crippen LogP contribution in [0.4, 0.5) is 5.69 Å². The molecule has 26 heavy (non-hydrogen) atoms. The van der Waals surface area contributed by atoms with Crippen molar-refractivity contribution in [2.75, 3.05) is 24.6 Å². The first-order valence-electron chi connectivity index (χ1n) is 8.92. The number of hydrogen-bond acceptors (Lipinski definition) is 4. The van der Waals surface area contributed by atoms with Crippen LogP contribution in [0.25, 0.3) is 11.0 Å². The monoisotopic (exact) mass is 380 g/mol. The molecule has 144 valence electrons. The van der Waals surface area contributed by atoms with Crippen molar-refractivity contribution in [3.63, 3.8) is 0 Å². The summed E-state index contributed by atoms with van der Waals surface area (Å²) in [6, 6.07) is 5.50. The smallest absolute Gasteiger partial charge is 0.298 e. The van der Waals surface area contributed by atoms with Gasteiger partial charge in [-0.2, -0.15) is 8.42 Å². The Bertz CT molecular complexity index is 893. The molecule has 1 aromatic carbocycles. The van der Waals surface area contributed by atoms with E-state index in [1.54, 1.807) is 12.1 Å². The lowest BCUT2D eigenvalue weighted by molar-refractivity contribution is 0.0611. The van der Waals surface area contributed by atoms with E-state index in [9.17, 15) is 8.42 Å². The zero-order valence-electron chi connectivity index (χ0n) is 15.9. The second-order valence-electron chi connectivity index (χ2n) is 8.04. The van der Waals surface area contributed by atoms with Gasteiger partial charge in [-0.05, 0) is 37.0 Å². The maximum Gasteiger partial charge on any atom is 0.298 e. The van der Waals surface area contributed by atoms with Crippen LogP contribution in [0.15, 0.2) is 18.2 Å². The van der Waals surface area contributed by atoms with Crippen LogP contribution in [0.2, 0.25) is 0 Å². The van der Waals surface area contributed by atoms with Gasteiger partial charge in [-0.1, -0.05) is 20.8 Å². The van der Waals surface area contributed by atoms with E-state index in [0.29, 0.717) is 11.6 Å². The van der Waals surface area contributed by atoms with E-state index >= 15 is 0 Å². The summed E-state index contributed by atoms with van der Waals surface area (Å²) in [6.07, 6.45) is 2.10. The molecule has 8 heteroatoms. The number of nitrogens with two attached hydrogens (primary N) is 1. The minimum absolute atomic E-state index is 0.115. The van der Waals surface area contributed by atoms with E-state index in [0.717, 1.165) is 53.8 Å². The lowest BCUT2D eigenvalue weighted by atomic mass is 9.94. The van der Waals surface area contributed by atoms with E-state index in [-0.39, 0.29) is 5.41 Å². The topological polar surface area (TPSA) is 90.4 Å². The van der Waals surface area contributed by atoms with E-state index in [1.165, 1.54) is 7.05 Å². The molecule has 1 aliphatic heterocycles. The third-order valence-corrected chi connectivity index (χ3v) is 5.90. The molecule has 0 spiro atoms. The van der Waals surface area contributed by atoms with E-state index < -0.39 is 10.2 Å². The molecule has 7 nitrogen and oxygen atoms in total. The summed E-state index contributed by atoms with van der Waals surface area (Å²) < 4.78 is 32.1. The Morgan fingerprint density at radius 1 is 1.31 bits per heavy atom. The average molecular weight is 381 g/mol. The van der Waals surface area contributed by atoms with E-state index in [1.807, 2.05) is 6.07 Å². The SMILES string of the molecule is CN(c1ccc2c(c1)nc(C(C)(C)C)n2CC1CCOCC1)S(N)(=O)=O. The number of hydrogen-bond donors (Lipinski definition) is 1. The minimum atomic E-state index is -3.79. The minimum Gasteiger partial charge on any atom is -0.381 e. The number of rotatable bonds is 4. The van der Waals surface area contributed by atoms with Crippen LogP contribution in [0, 0.1) is 5.92 Å². The number of anilines is 1. The summed E-state index contributed by atoms with van der Waals surface area (Å²) in [5, 5.41) is 5.24. The van der Waals surface area contributed by atoms with Crippen molar-refractivity contribution in [2.45, 2.75) is 45.6 Å². The second kappa shape index (κ2) is 6.83. The molecule has 1 saturated heterocycles. The number of fused-ring (bicyclic) bond motifs is 1. The van der Waals surface area contributed by atoms with Crippen molar-refractivity contribution in [2.24, 2.45) is 11.1 Å². The molecule has 0 aliphatic carbocycles. The molecule has 1 aliphatic rings. The third-order valence-electron chi connectivity index (χ3n) is 4.93. The number of ether oxygens (including phenoxy) is 1. The zero-order valence-corrected chi connectivity index (χ0v) is 16.7. The van der Waals surface area contributed by atoms with Crippen LogP contribution >= 0.6 is 0 Å². The van der Waals surface area contributed by atoms with Gasteiger partial charge in [0.25, 0.3) is 10.2 Å².